The van der Waals surface area contributed by atoms with Crippen molar-refractivity contribution in [3.63, 3.8) is 0 Å². The van der Waals surface area contributed by atoms with Gasteiger partial charge in [-0.1, -0.05) is 48.5 Å². The minimum absolute atomic E-state index is 0.0342. The molecule has 3 aromatic carbocycles. The van der Waals surface area contributed by atoms with Crippen LogP contribution < -0.4 is 10.1 Å². The molecule has 0 saturated heterocycles. The number of rotatable bonds is 5. The Balaban J connectivity index is 1.60. The van der Waals surface area contributed by atoms with E-state index in [0.717, 1.165) is 22.8 Å². The Morgan fingerprint density at radius 3 is 2.50 bits per heavy atom. The van der Waals surface area contributed by atoms with Crippen molar-refractivity contribution in [1.82, 2.24) is 0 Å². The van der Waals surface area contributed by atoms with Gasteiger partial charge < -0.3 is 15.2 Å². The highest BCUT2D eigenvalue weighted by Gasteiger charge is 2.31. The smallest absolute Gasteiger partial charge is 0.341 e. The average molecular weight is 347 g/mol. The molecule has 0 bridgehead atoms. The molecule has 1 aliphatic rings. The zero-order valence-electron chi connectivity index (χ0n) is 13.9. The average Bonchev–Trinajstić information content (AvgIpc) is 2.62. The number of carbonyl (C=O) groups excluding carboxylic acids is 1. The third kappa shape index (κ3) is 2.88. The standard InChI is InChI=1S/C21H17NO4/c23-20(24)12-26-19-10-9-18(15-7-3-4-8-16(15)19)22-21(25)17-11-13-5-1-2-6-14(13)17/h1-10,17H,11-12H2,(H,22,25)(H,23,24). The van der Waals surface area contributed by atoms with Crippen LogP contribution in [0.3, 0.4) is 0 Å². The number of aliphatic carboxylic acids is 1. The van der Waals surface area contributed by atoms with Crippen molar-refractivity contribution in [1.29, 1.82) is 0 Å². The highest BCUT2D eigenvalue weighted by molar-refractivity contribution is 6.06. The highest BCUT2D eigenvalue weighted by Crippen LogP contribution is 2.37. The van der Waals surface area contributed by atoms with Gasteiger partial charge in [0.15, 0.2) is 6.61 Å². The van der Waals surface area contributed by atoms with Crippen LogP contribution in [0.1, 0.15) is 17.0 Å². The van der Waals surface area contributed by atoms with E-state index in [9.17, 15) is 9.59 Å². The number of carboxylic acids is 1. The Kier molecular flexibility index (Phi) is 4.05. The first-order valence-corrected chi connectivity index (χ1v) is 8.38. The topological polar surface area (TPSA) is 75.6 Å². The second-order valence-electron chi connectivity index (χ2n) is 6.28. The molecule has 0 aliphatic heterocycles. The lowest BCUT2D eigenvalue weighted by molar-refractivity contribution is -0.139. The third-order valence-electron chi connectivity index (χ3n) is 4.66. The summed E-state index contributed by atoms with van der Waals surface area (Å²) in [6.07, 6.45) is 0.750. The maximum absolute atomic E-state index is 12.7. The highest BCUT2D eigenvalue weighted by atomic mass is 16.5. The van der Waals surface area contributed by atoms with Crippen LogP contribution in [-0.4, -0.2) is 23.6 Å². The molecule has 0 heterocycles. The van der Waals surface area contributed by atoms with E-state index in [-0.39, 0.29) is 11.8 Å². The molecule has 26 heavy (non-hydrogen) atoms. The van der Waals surface area contributed by atoms with E-state index in [4.69, 9.17) is 9.84 Å². The number of nitrogens with one attached hydrogen (secondary N) is 1. The second kappa shape index (κ2) is 6.52. The summed E-state index contributed by atoms with van der Waals surface area (Å²) >= 11 is 0. The van der Waals surface area contributed by atoms with Crippen molar-refractivity contribution in [2.24, 2.45) is 0 Å². The summed E-state index contributed by atoms with van der Waals surface area (Å²) < 4.78 is 5.35. The molecule has 0 radical (unpaired) electrons. The second-order valence-corrected chi connectivity index (χ2v) is 6.28. The van der Waals surface area contributed by atoms with Crippen LogP contribution in [0.4, 0.5) is 5.69 Å². The van der Waals surface area contributed by atoms with Crippen LogP contribution in [0.5, 0.6) is 5.75 Å². The van der Waals surface area contributed by atoms with Gasteiger partial charge in [-0.25, -0.2) is 4.79 Å². The van der Waals surface area contributed by atoms with Gasteiger partial charge in [-0.3, -0.25) is 4.79 Å². The first-order valence-electron chi connectivity index (χ1n) is 8.38. The first kappa shape index (κ1) is 16.1. The molecule has 0 aromatic heterocycles. The van der Waals surface area contributed by atoms with Gasteiger partial charge in [0.05, 0.1) is 5.92 Å². The van der Waals surface area contributed by atoms with Crippen molar-refractivity contribution in [3.05, 3.63) is 71.8 Å². The maximum Gasteiger partial charge on any atom is 0.341 e. The van der Waals surface area contributed by atoms with Crippen molar-refractivity contribution in [2.75, 3.05) is 11.9 Å². The third-order valence-corrected chi connectivity index (χ3v) is 4.66. The van der Waals surface area contributed by atoms with Crippen LogP contribution in [0.25, 0.3) is 10.8 Å². The Morgan fingerprint density at radius 1 is 1.00 bits per heavy atom. The molecule has 0 saturated carbocycles. The van der Waals surface area contributed by atoms with Crippen LogP contribution >= 0.6 is 0 Å². The van der Waals surface area contributed by atoms with E-state index in [2.05, 4.69) is 5.32 Å². The van der Waals surface area contributed by atoms with Gasteiger partial charge in [-0.05, 0) is 29.7 Å². The molecule has 5 nitrogen and oxygen atoms in total. The molecule has 130 valence electrons. The van der Waals surface area contributed by atoms with Gasteiger partial charge >= 0.3 is 5.97 Å². The number of carbonyl (C=O) groups is 2. The predicted molar refractivity (Wildman–Crippen MR) is 98.6 cm³/mol. The molecule has 0 spiro atoms. The normalized spacial score (nSPS) is 15.0. The van der Waals surface area contributed by atoms with Gasteiger partial charge in [0.2, 0.25) is 5.91 Å². The molecule has 1 amide bonds. The Labute approximate surface area is 150 Å². The number of hydrogen-bond donors (Lipinski definition) is 2. The fourth-order valence-electron chi connectivity index (χ4n) is 3.36. The molecular weight excluding hydrogens is 330 g/mol. The molecule has 3 aromatic rings. The van der Waals surface area contributed by atoms with Gasteiger partial charge in [0.25, 0.3) is 0 Å². The number of benzene rings is 3. The van der Waals surface area contributed by atoms with E-state index in [1.807, 2.05) is 48.5 Å². The van der Waals surface area contributed by atoms with Crippen LogP contribution in [-0.2, 0) is 16.0 Å². The van der Waals surface area contributed by atoms with Gasteiger partial charge in [-0.15, -0.1) is 0 Å². The fourth-order valence-corrected chi connectivity index (χ4v) is 3.36. The van der Waals surface area contributed by atoms with Gasteiger partial charge in [0, 0.05) is 16.5 Å². The number of amides is 1. The summed E-state index contributed by atoms with van der Waals surface area (Å²) in [5.74, 6) is -0.717. The van der Waals surface area contributed by atoms with Crippen molar-refractivity contribution in [3.8, 4) is 5.75 Å². The van der Waals surface area contributed by atoms with Crippen molar-refractivity contribution < 1.29 is 19.4 Å². The molecule has 1 atom stereocenters. The number of carboxylic acid groups (broad SMARTS) is 1. The fraction of sp³-hybridized carbons (Fsp3) is 0.143. The lowest BCUT2D eigenvalue weighted by Gasteiger charge is -2.29. The zero-order chi connectivity index (χ0) is 18.1. The first-order chi connectivity index (χ1) is 12.6. The van der Waals surface area contributed by atoms with E-state index < -0.39 is 12.6 Å². The number of fused-ring (bicyclic) bond motifs is 2. The summed E-state index contributed by atoms with van der Waals surface area (Å²) in [6, 6.07) is 18.9. The minimum Gasteiger partial charge on any atom is -0.481 e. The number of ether oxygens (including phenoxy) is 1. The predicted octanol–water partition coefficient (Wildman–Crippen LogP) is 3.58. The Bertz CT molecular complexity index is 1010. The summed E-state index contributed by atoms with van der Waals surface area (Å²) in [5.41, 5.74) is 2.99. The van der Waals surface area contributed by atoms with Gasteiger partial charge in [-0.2, -0.15) is 0 Å². The molecule has 2 N–H and O–H groups in total. The van der Waals surface area contributed by atoms with Crippen LogP contribution in [0.15, 0.2) is 60.7 Å². The molecule has 5 heteroatoms. The lowest BCUT2D eigenvalue weighted by Crippen LogP contribution is -2.30. The maximum atomic E-state index is 12.7. The Morgan fingerprint density at radius 2 is 1.73 bits per heavy atom. The molecule has 1 unspecified atom stereocenters. The van der Waals surface area contributed by atoms with Gasteiger partial charge in [0.1, 0.15) is 5.75 Å². The van der Waals surface area contributed by atoms with Crippen molar-refractivity contribution in [2.45, 2.75) is 12.3 Å². The lowest BCUT2D eigenvalue weighted by atomic mass is 9.77. The van der Waals surface area contributed by atoms with E-state index in [0.29, 0.717) is 11.4 Å². The number of hydrogen-bond acceptors (Lipinski definition) is 3. The zero-order valence-corrected chi connectivity index (χ0v) is 13.9. The SMILES string of the molecule is O=C(O)COc1ccc(NC(=O)C2Cc3ccccc32)c2ccccc12. The molecule has 0 fully saturated rings. The summed E-state index contributed by atoms with van der Waals surface area (Å²) in [6.45, 7) is -0.408. The number of anilines is 1. The van der Waals surface area contributed by atoms with E-state index in [1.165, 1.54) is 5.56 Å². The minimum atomic E-state index is -1.03. The monoisotopic (exact) mass is 347 g/mol. The quantitative estimate of drug-likeness (QED) is 0.740. The molecular formula is C21H17NO4. The summed E-state index contributed by atoms with van der Waals surface area (Å²) in [5, 5.41) is 13.4. The molecule has 4 rings (SSSR count). The molecule has 1 aliphatic carbocycles. The van der Waals surface area contributed by atoms with Crippen LogP contribution in [0, 0.1) is 0 Å². The van der Waals surface area contributed by atoms with Crippen LogP contribution in [0.2, 0.25) is 0 Å². The summed E-state index contributed by atoms with van der Waals surface area (Å²) in [7, 11) is 0. The summed E-state index contributed by atoms with van der Waals surface area (Å²) in [4.78, 5) is 23.4. The Hall–Kier alpha value is -3.34. The van der Waals surface area contributed by atoms with E-state index >= 15 is 0 Å². The van der Waals surface area contributed by atoms with E-state index in [1.54, 1.807) is 12.1 Å². The largest absolute Gasteiger partial charge is 0.481 e. The van der Waals surface area contributed by atoms with Crippen molar-refractivity contribution >= 4 is 28.3 Å².